The number of aliphatic hydroxyl groups is 1. The fourth-order valence-corrected chi connectivity index (χ4v) is 1.34. The van der Waals surface area contributed by atoms with Gasteiger partial charge in [-0.3, -0.25) is 14.4 Å². The van der Waals surface area contributed by atoms with Crippen molar-refractivity contribution in [2.24, 2.45) is 5.92 Å². The molecule has 0 heterocycles. The third kappa shape index (κ3) is 7.73. The molecule has 0 fully saturated rings. The molecule has 20 heavy (non-hydrogen) atoms. The van der Waals surface area contributed by atoms with Crippen LogP contribution in [0.2, 0.25) is 0 Å². The van der Waals surface area contributed by atoms with E-state index in [0.29, 0.717) is 0 Å². The van der Waals surface area contributed by atoms with Crippen LogP contribution in [0, 0.1) is 5.92 Å². The second kappa shape index (κ2) is 9.30. The Hall–Kier alpha value is -1.63. The van der Waals surface area contributed by atoms with Crippen LogP contribution in [0.5, 0.6) is 0 Å². The van der Waals surface area contributed by atoms with E-state index in [9.17, 15) is 14.4 Å². The van der Waals surface area contributed by atoms with Gasteiger partial charge in [0.15, 0.2) is 5.92 Å². The lowest BCUT2D eigenvalue weighted by molar-refractivity contribution is -0.167. The fraction of sp³-hybridized carbons (Fsp3) is 0.769. The quantitative estimate of drug-likeness (QED) is 0.482. The van der Waals surface area contributed by atoms with E-state index in [-0.39, 0.29) is 19.6 Å². The zero-order chi connectivity index (χ0) is 15.7. The minimum absolute atomic E-state index is 0.0595. The normalized spacial score (nSPS) is 10.8. The number of esters is 2. The van der Waals surface area contributed by atoms with Gasteiger partial charge in [0.1, 0.15) is 0 Å². The number of nitrogens with one attached hydrogen (secondary N) is 1. The molecule has 0 rings (SSSR count). The SMILES string of the molecule is CC(C)OC(=O)C(CC(=O)NCCO)C(=O)OC(C)C. The summed E-state index contributed by atoms with van der Waals surface area (Å²) in [5.74, 6) is -3.39. The Morgan fingerprint density at radius 1 is 1.00 bits per heavy atom. The summed E-state index contributed by atoms with van der Waals surface area (Å²) in [7, 11) is 0. The number of carbonyl (C=O) groups excluding carboxylic acids is 3. The van der Waals surface area contributed by atoms with Crippen molar-refractivity contribution in [1.29, 1.82) is 0 Å². The highest BCUT2D eigenvalue weighted by Crippen LogP contribution is 2.12. The van der Waals surface area contributed by atoms with E-state index in [2.05, 4.69) is 5.32 Å². The zero-order valence-electron chi connectivity index (χ0n) is 12.3. The lowest BCUT2D eigenvalue weighted by Crippen LogP contribution is -2.36. The maximum Gasteiger partial charge on any atom is 0.321 e. The van der Waals surface area contributed by atoms with Crippen LogP contribution in [0.25, 0.3) is 0 Å². The van der Waals surface area contributed by atoms with Crippen LogP contribution in [0.3, 0.4) is 0 Å². The Morgan fingerprint density at radius 3 is 1.80 bits per heavy atom. The number of rotatable bonds is 8. The van der Waals surface area contributed by atoms with Crippen molar-refractivity contribution in [3.8, 4) is 0 Å². The summed E-state index contributed by atoms with van der Waals surface area (Å²) in [6, 6.07) is 0. The number of hydrogen-bond donors (Lipinski definition) is 2. The maximum atomic E-state index is 11.8. The van der Waals surface area contributed by atoms with Crippen molar-refractivity contribution in [3.05, 3.63) is 0 Å². The molecule has 0 aromatic carbocycles. The van der Waals surface area contributed by atoms with Crippen LogP contribution < -0.4 is 5.32 Å². The molecule has 1 amide bonds. The summed E-state index contributed by atoms with van der Waals surface area (Å²) < 4.78 is 9.90. The Morgan fingerprint density at radius 2 is 1.45 bits per heavy atom. The fourth-order valence-electron chi connectivity index (χ4n) is 1.34. The highest BCUT2D eigenvalue weighted by Gasteiger charge is 2.33. The van der Waals surface area contributed by atoms with Crippen molar-refractivity contribution in [2.75, 3.05) is 13.2 Å². The van der Waals surface area contributed by atoms with Crippen LogP contribution >= 0.6 is 0 Å². The molecular weight excluding hydrogens is 266 g/mol. The average Bonchev–Trinajstić information content (AvgIpc) is 2.31. The van der Waals surface area contributed by atoms with Gasteiger partial charge in [0.05, 0.1) is 25.2 Å². The molecule has 0 aliphatic heterocycles. The minimum atomic E-state index is -1.29. The van der Waals surface area contributed by atoms with E-state index >= 15 is 0 Å². The molecule has 0 aliphatic rings. The van der Waals surface area contributed by atoms with Gasteiger partial charge in [-0.15, -0.1) is 0 Å². The smallest absolute Gasteiger partial charge is 0.321 e. The molecule has 0 saturated heterocycles. The number of hydrogen-bond acceptors (Lipinski definition) is 6. The lowest BCUT2D eigenvalue weighted by atomic mass is 10.1. The molecule has 0 aliphatic carbocycles. The molecule has 0 spiro atoms. The zero-order valence-corrected chi connectivity index (χ0v) is 12.3. The van der Waals surface area contributed by atoms with Crippen molar-refractivity contribution >= 4 is 17.8 Å². The number of aliphatic hydroxyl groups excluding tert-OH is 1. The third-order valence-corrected chi connectivity index (χ3v) is 2.10. The molecule has 7 heteroatoms. The standard InChI is InChI=1S/C13H23NO6/c1-8(2)19-12(17)10(13(18)20-9(3)4)7-11(16)14-5-6-15/h8-10,15H,5-7H2,1-4H3,(H,14,16). The van der Waals surface area contributed by atoms with Gasteiger partial charge < -0.3 is 19.9 Å². The Balaban J connectivity index is 4.73. The Kier molecular flexibility index (Phi) is 8.54. The van der Waals surface area contributed by atoms with Gasteiger partial charge in [0.2, 0.25) is 5.91 Å². The van der Waals surface area contributed by atoms with Crippen molar-refractivity contribution in [2.45, 2.75) is 46.3 Å². The first-order valence-electron chi connectivity index (χ1n) is 6.56. The van der Waals surface area contributed by atoms with E-state index < -0.39 is 36.0 Å². The Labute approximate surface area is 118 Å². The average molecular weight is 289 g/mol. The second-order valence-corrected chi connectivity index (χ2v) is 4.80. The molecule has 0 radical (unpaired) electrons. The lowest BCUT2D eigenvalue weighted by Gasteiger charge is -2.18. The molecule has 0 aromatic rings. The van der Waals surface area contributed by atoms with Gasteiger partial charge in [0, 0.05) is 6.54 Å². The van der Waals surface area contributed by atoms with Gasteiger partial charge in [-0.1, -0.05) is 0 Å². The highest BCUT2D eigenvalue weighted by molar-refractivity contribution is 5.98. The van der Waals surface area contributed by atoms with E-state index in [0.717, 1.165) is 0 Å². The summed E-state index contributed by atoms with van der Waals surface area (Å²) in [5, 5.41) is 11.0. The molecule has 2 N–H and O–H groups in total. The van der Waals surface area contributed by atoms with Crippen molar-refractivity contribution in [3.63, 3.8) is 0 Å². The largest absolute Gasteiger partial charge is 0.462 e. The number of carbonyl (C=O) groups is 3. The highest BCUT2D eigenvalue weighted by atomic mass is 16.6. The molecule has 116 valence electrons. The van der Waals surface area contributed by atoms with Crippen LogP contribution in [-0.2, 0) is 23.9 Å². The summed E-state index contributed by atoms with van der Waals surface area (Å²) in [6.07, 6.45) is -1.15. The van der Waals surface area contributed by atoms with Crippen molar-refractivity contribution < 1.29 is 29.0 Å². The summed E-state index contributed by atoms with van der Waals surface area (Å²) in [5.41, 5.74) is 0. The number of amides is 1. The monoisotopic (exact) mass is 289 g/mol. The molecule has 0 saturated carbocycles. The van der Waals surface area contributed by atoms with Crippen LogP contribution in [-0.4, -0.2) is 48.3 Å². The first kappa shape index (κ1) is 18.4. The van der Waals surface area contributed by atoms with Crippen LogP contribution in [0.15, 0.2) is 0 Å². The van der Waals surface area contributed by atoms with Crippen LogP contribution in [0.4, 0.5) is 0 Å². The maximum absolute atomic E-state index is 11.8. The second-order valence-electron chi connectivity index (χ2n) is 4.80. The topological polar surface area (TPSA) is 102 Å². The summed E-state index contributed by atoms with van der Waals surface area (Å²) >= 11 is 0. The van der Waals surface area contributed by atoms with E-state index in [4.69, 9.17) is 14.6 Å². The predicted molar refractivity (Wildman–Crippen MR) is 70.7 cm³/mol. The van der Waals surface area contributed by atoms with Crippen molar-refractivity contribution in [1.82, 2.24) is 5.32 Å². The first-order valence-corrected chi connectivity index (χ1v) is 6.56. The van der Waals surface area contributed by atoms with Gasteiger partial charge in [-0.2, -0.15) is 0 Å². The van der Waals surface area contributed by atoms with Gasteiger partial charge in [-0.25, -0.2) is 0 Å². The van der Waals surface area contributed by atoms with Gasteiger partial charge in [-0.05, 0) is 27.7 Å². The van der Waals surface area contributed by atoms with Gasteiger partial charge in [0.25, 0.3) is 0 Å². The summed E-state index contributed by atoms with van der Waals surface area (Å²) in [6.45, 7) is 6.43. The van der Waals surface area contributed by atoms with E-state index in [1.54, 1.807) is 27.7 Å². The van der Waals surface area contributed by atoms with Gasteiger partial charge >= 0.3 is 11.9 Å². The number of ether oxygens (including phenoxy) is 2. The first-order chi connectivity index (χ1) is 9.27. The third-order valence-electron chi connectivity index (χ3n) is 2.10. The molecule has 0 aromatic heterocycles. The molecular formula is C13H23NO6. The molecule has 0 unspecified atom stereocenters. The van der Waals surface area contributed by atoms with E-state index in [1.807, 2.05) is 0 Å². The molecule has 0 bridgehead atoms. The summed E-state index contributed by atoms with van der Waals surface area (Å²) in [4.78, 5) is 35.2. The van der Waals surface area contributed by atoms with Crippen LogP contribution in [0.1, 0.15) is 34.1 Å². The molecule has 7 nitrogen and oxygen atoms in total. The van der Waals surface area contributed by atoms with E-state index in [1.165, 1.54) is 0 Å². The molecule has 0 atom stereocenters. The minimum Gasteiger partial charge on any atom is -0.462 e. The predicted octanol–water partition coefficient (Wildman–Crippen LogP) is 0.00440. The Bertz CT molecular complexity index is 318.